The molecule has 1 aliphatic heterocycles. The summed E-state index contributed by atoms with van der Waals surface area (Å²) in [5.41, 5.74) is 1.13. The summed E-state index contributed by atoms with van der Waals surface area (Å²) in [4.78, 5) is 62.2. The highest BCUT2D eigenvalue weighted by Crippen LogP contribution is 2.26. The number of ether oxygens (including phenoxy) is 3. The lowest BCUT2D eigenvalue weighted by molar-refractivity contribution is -0.147. The summed E-state index contributed by atoms with van der Waals surface area (Å²) in [6.45, 7) is -0.401. The molecule has 1 amide bonds. The molecule has 10 heteroatoms. The third-order valence-electron chi connectivity index (χ3n) is 5.51. The molecule has 0 bridgehead atoms. The summed E-state index contributed by atoms with van der Waals surface area (Å²) in [7, 11) is 1.27. The fourth-order valence-corrected chi connectivity index (χ4v) is 3.61. The van der Waals surface area contributed by atoms with E-state index in [1.54, 1.807) is 18.2 Å². The van der Waals surface area contributed by atoms with Gasteiger partial charge < -0.3 is 23.5 Å². The molecule has 10 nitrogen and oxygen atoms in total. The highest BCUT2D eigenvalue weighted by Gasteiger charge is 2.36. The van der Waals surface area contributed by atoms with Gasteiger partial charge in [-0.3, -0.25) is 14.4 Å². The van der Waals surface area contributed by atoms with Gasteiger partial charge in [-0.15, -0.1) is 0 Å². The van der Waals surface area contributed by atoms with E-state index in [4.69, 9.17) is 13.9 Å². The number of methoxy groups -OCH3 is 1. The van der Waals surface area contributed by atoms with Crippen molar-refractivity contribution in [3.05, 3.63) is 83.8 Å². The van der Waals surface area contributed by atoms with Gasteiger partial charge >= 0.3 is 17.9 Å². The van der Waals surface area contributed by atoms with Gasteiger partial charge in [-0.1, -0.05) is 0 Å². The Labute approximate surface area is 205 Å². The second kappa shape index (κ2) is 10.7. The molecule has 0 spiro atoms. The summed E-state index contributed by atoms with van der Waals surface area (Å²) in [5.74, 6) is -3.01. The summed E-state index contributed by atoms with van der Waals surface area (Å²) < 4.78 is 19.9. The van der Waals surface area contributed by atoms with Gasteiger partial charge in [0.2, 0.25) is 11.7 Å². The normalized spacial score (nSPS) is 14.9. The SMILES string of the molecule is COC(=O)c1ccc(N2C[C@H](C(=O)OCC(=O)c3ccc(OC(=O)c4ccco4)cc3)CC2=O)cc1. The maximum atomic E-state index is 12.5. The zero-order valence-corrected chi connectivity index (χ0v) is 19.2. The Bertz CT molecular complexity index is 1280. The summed E-state index contributed by atoms with van der Waals surface area (Å²) >= 11 is 0. The van der Waals surface area contributed by atoms with Crippen LogP contribution in [0.25, 0.3) is 0 Å². The Hall–Kier alpha value is -4.73. The van der Waals surface area contributed by atoms with Crippen molar-refractivity contribution in [3.63, 3.8) is 0 Å². The monoisotopic (exact) mass is 491 g/mol. The van der Waals surface area contributed by atoms with Crippen LogP contribution in [0.3, 0.4) is 0 Å². The van der Waals surface area contributed by atoms with E-state index in [1.807, 2.05) is 0 Å². The largest absolute Gasteiger partial charge is 0.465 e. The van der Waals surface area contributed by atoms with E-state index in [-0.39, 0.29) is 35.9 Å². The highest BCUT2D eigenvalue weighted by molar-refractivity contribution is 6.01. The standard InChI is InChI=1S/C26H21NO9/c1-33-24(30)17-4-8-19(9-5-17)27-14-18(13-23(27)29)25(31)35-15-21(28)16-6-10-20(11-7-16)36-26(32)22-3-2-12-34-22/h2-12,18H,13-15H2,1H3/t18-/m1/s1. The average Bonchev–Trinajstić information content (AvgIpc) is 3.57. The molecule has 1 aliphatic rings. The summed E-state index contributed by atoms with van der Waals surface area (Å²) in [5, 5.41) is 0. The molecule has 3 aromatic rings. The van der Waals surface area contributed by atoms with E-state index in [0.29, 0.717) is 11.3 Å². The summed E-state index contributed by atoms with van der Waals surface area (Å²) in [6, 6.07) is 15.0. The van der Waals surface area contributed by atoms with Crippen LogP contribution < -0.4 is 9.64 Å². The number of furan rings is 1. The predicted molar refractivity (Wildman–Crippen MR) is 124 cm³/mol. The number of benzene rings is 2. The zero-order chi connectivity index (χ0) is 25.7. The second-order valence-electron chi connectivity index (χ2n) is 7.87. The van der Waals surface area contributed by atoms with Gasteiger partial charge in [0, 0.05) is 24.2 Å². The minimum atomic E-state index is -0.728. The Morgan fingerprint density at radius 3 is 2.28 bits per heavy atom. The molecule has 1 atom stereocenters. The predicted octanol–water partition coefficient (Wildman–Crippen LogP) is 3.06. The van der Waals surface area contributed by atoms with Crippen molar-refractivity contribution in [2.24, 2.45) is 5.92 Å². The van der Waals surface area contributed by atoms with Gasteiger partial charge in [-0.25, -0.2) is 9.59 Å². The minimum absolute atomic E-state index is 0.0456. The molecule has 184 valence electrons. The lowest BCUT2D eigenvalue weighted by Crippen LogP contribution is -2.27. The molecule has 1 aromatic heterocycles. The fraction of sp³-hybridized carbons (Fsp3) is 0.192. The number of hydrogen-bond acceptors (Lipinski definition) is 9. The molecule has 0 aliphatic carbocycles. The Kier molecular flexibility index (Phi) is 7.24. The lowest BCUT2D eigenvalue weighted by atomic mass is 10.1. The zero-order valence-electron chi connectivity index (χ0n) is 19.2. The van der Waals surface area contributed by atoms with Gasteiger partial charge in [0.25, 0.3) is 0 Å². The Morgan fingerprint density at radius 2 is 1.64 bits per heavy atom. The quantitative estimate of drug-likeness (QED) is 0.265. The van der Waals surface area contributed by atoms with Crippen molar-refractivity contribution in [3.8, 4) is 5.75 Å². The molecule has 1 saturated heterocycles. The molecular weight excluding hydrogens is 470 g/mol. The first-order valence-electron chi connectivity index (χ1n) is 10.9. The topological polar surface area (TPSA) is 129 Å². The first-order chi connectivity index (χ1) is 17.4. The van der Waals surface area contributed by atoms with E-state index in [9.17, 15) is 24.0 Å². The molecule has 2 aromatic carbocycles. The number of amides is 1. The van der Waals surface area contributed by atoms with E-state index in [0.717, 1.165) is 0 Å². The van der Waals surface area contributed by atoms with Crippen molar-refractivity contribution in [1.82, 2.24) is 0 Å². The number of anilines is 1. The maximum absolute atomic E-state index is 12.5. The number of ketones is 1. The van der Waals surface area contributed by atoms with Crippen LogP contribution in [-0.2, 0) is 19.1 Å². The van der Waals surface area contributed by atoms with Gasteiger partial charge in [-0.2, -0.15) is 0 Å². The van der Waals surface area contributed by atoms with Crippen LogP contribution in [0.2, 0.25) is 0 Å². The molecule has 0 N–H and O–H groups in total. The van der Waals surface area contributed by atoms with Crippen LogP contribution >= 0.6 is 0 Å². The number of carbonyl (C=O) groups is 5. The maximum Gasteiger partial charge on any atom is 0.379 e. The number of rotatable bonds is 8. The third kappa shape index (κ3) is 5.49. The van der Waals surface area contributed by atoms with Crippen LogP contribution in [0.15, 0.2) is 71.3 Å². The van der Waals surface area contributed by atoms with E-state index < -0.39 is 36.2 Å². The van der Waals surface area contributed by atoms with Crippen molar-refractivity contribution in [2.75, 3.05) is 25.2 Å². The van der Waals surface area contributed by atoms with E-state index in [2.05, 4.69) is 4.74 Å². The number of esters is 3. The molecule has 0 unspecified atom stereocenters. The van der Waals surface area contributed by atoms with Crippen molar-refractivity contribution < 1.29 is 42.6 Å². The molecule has 1 fully saturated rings. The van der Waals surface area contributed by atoms with E-state index >= 15 is 0 Å². The minimum Gasteiger partial charge on any atom is -0.465 e. The molecule has 0 saturated carbocycles. The van der Waals surface area contributed by atoms with Gasteiger partial charge in [-0.05, 0) is 60.7 Å². The fourth-order valence-electron chi connectivity index (χ4n) is 3.61. The van der Waals surface area contributed by atoms with Crippen molar-refractivity contribution in [2.45, 2.75) is 6.42 Å². The van der Waals surface area contributed by atoms with Crippen LogP contribution in [-0.4, -0.2) is 49.9 Å². The van der Waals surface area contributed by atoms with E-state index in [1.165, 1.54) is 60.7 Å². The second-order valence-corrected chi connectivity index (χ2v) is 7.87. The Balaban J connectivity index is 1.28. The number of carbonyl (C=O) groups excluding carboxylic acids is 5. The smallest absolute Gasteiger partial charge is 0.379 e. The molecule has 2 heterocycles. The average molecular weight is 491 g/mol. The van der Waals surface area contributed by atoms with Crippen LogP contribution in [0.5, 0.6) is 5.75 Å². The lowest BCUT2D eigenvalue weighted by Gasteiger charge is -2.16. The molecule has 0 radical (unpaired) electrons. The van der Waals surface area contributed by atoms with Gasteiger partial charge in [0.1, 0.15) is 5.75 Å². The Morgan fingerprint density at radius 1 is 0.944 bits per heavy atom. The molecular formula is C26H21NO9. The first-order valence-corrected chi connectivity index (χ1v) is 10.9. The first kappa shape index (κ1) is 24.4. The number of hydrogen-bond donors (Lipinski definition) is 0. The molecule has 36 heavy (non-hydrogen) atoms. The number of Topliss-reactive ketones (excluding diaryl/α,β-unsaturated/α-hetero) is 1. The van der Waals surface area contributed by atoms with Gasteiger partial charge in [0.15, 0.2) is 12.4 Å². The van der Waals surface area contributed by atoms with Crippen LogP contribution in [0.4, 0.5) is 5.69 Å². The highest BCUT2D eigenvalue weighted by atomic mass is 16.5. The molecule has 4 rings (SSSR count). The third-order valence-corrected chi connectivity index (χ3v) is 5.51. The van der Waals surface area contributed by atoms with Gasteiger partial charge in [0.05, 0.1) is 24.9 Å². The van der Waals surface area contributed by atoms with Crippen LogP contribution in [0.1, 0.15) is 37.7 Å². The van der Waals surface area contributed by atoms with Crippen LogP contribution in [0, 0.1) is 5.92 Å². The van der Waals surface area contributed by atoms with Crippen molar-refractivity contribution in [1.29, 1.82) is 0 Å². The summed E-state index contributed by atoms with van der Waals surface area (Å²) in [6.07, 6.45) is 1.30. The number of nitrogens with zero attached hydrogens (tertiary/aromatic N) is 1. The van der Waals surface area contributed by atoms with Crippen molar-refractivity contribution >= 4 is 35.3 Å².